The van der Waals surface area contributed by atoms with Gasteiger partial charge < -0.3 is 19.7 Å². The van der Waals surface area contributed by atoms with E-state index in [1.54, 1.807) is 84.9 Å². The third-order valence-electron chi connectivity index (χ3n) is 7.26. The zero-order valence-corrected chi connectivity index (χ0v) is 26.8. The van der Waals surface area contributed by atoms with E-state index in [0.717, 1.165) is 22.3 Å². The van der Waals surface area contributed by atoms with Crippen LogP contribution >= 0.6 is 15.9 Å². The van der Waals surface area contributed by atoms with Gasteiger partial charge in [-0.2, -0.15) is 0 Å². The van der Waals surface area contributed by atoms with Gasteiger partial charge in [0.25, 0.3) is 0 Å². The van der Waals surface area contributed by atoms with E-state index in [4.69, 9.17) is 19.7 Å². The lowest BCUT2D eigenvalue weighted by Crippen LogP contribution is -2.09. The Balaban J connectivity index is 1.31. The maximum absolute atomic E-state index is 12.7. The third-order valence-corrected chi connectivity index (χ3v) is 7.77. The van der Waals surface area contributed by atoms with Crippen molar-refractivity contribution in [3.05, 3.63) is 143 Å². The molecule has 0 amide bonds. The number of benzene rings is 5. The highest BCUT2D eigenvalue weighted by Gasteiger charge is 2.14. The normalized spacial score (nSPS) is 10.6. The Labute approximate surface area is 283 Å². The number of carbonyl (C=O) groups excluding carboxylic acids is 3. The second-order valence-corrected chi connectivity index (χ2v) is 11.3. The fraction of sp³-hybridized carbons (Fsp3) is 0.0789. The molecule has 0 unspecified atom stereocenters. The second-order valence-electron chi connectivity index (χ2n) is 10.7. The number of hydrogen-bond acceptors (Lipinski definition) is 7. The average molecular weight is 708 g/mol. The SMILES string of the molecule is O=C(O)Cc1ccc(C(=O)Oc2ccc(-c3cc(C(=O)CBr)cc(-c4ccc(OC(=O)c5ccc(CC(=O)O)cc5)cc4)c3)cc2)cc1. The number of carbonyl (C=O) groups is 5. The highest BCUT2D eigenvalue weighted by molar-refractivity contribution is 9.09. The van der Waals surface area contributed by atoms with Gasteiger partial charge in [0.1, 0.15) is 11.5 Å². The molecule has 0 spiro atoms. The first-order valence-electron chi connectivity index (χ1n) is 14.6. The molecule has 240 valence electrons. The summed E-state index contributed by atoms with van der Waals surface area (Å²) >= 11 is 3.25. The number of carboxylic acids is 2. The fourth-order valence-electron chi connectivity index (χ4n) is 4.83. The summed E-state index contributed by atoms with van der Waals surface area (Å²) < 4.78 is 11.0. The van der Waals surface area contributed by atoms with Crippen molar-refractivity contribution in [1.29, 1.82) is 0 Å². The van der Waals surface area contributed by atoms with E-state index in [-0.39, 0.29) is 35.1 Å². The Kier molecular flexibility index (Phi) is 10.6. The van der Waals surface area contributed by atoms with Gasteiger partial charge in [-0.05, 0) is 100 Å². The molecule has 5 aromatic carbocycles. The molecule has 0 bridgehead atoms. The smallest absolute Gasteiger partial charge is 0.343 e. The number of halogens is 1. The first-order chi connectivity index (χ1) is 23.1. The molecule has 5 aromatic rings. The molecule has 5 rings (SSSR count). The van der Waals surface area contributed by atoms with Crippen LogP contribution < -0.4 is 9.47 Å². The molecule has 0 saturated heterocycles. The predicted molar refractivity (Wildman–Crippen MR) is 181 cm³/mol. The zero-order chi connectivity index (χ0) is 34.2. The Morgan fingerprint density at radius 2 is 0.854 bits per heavy atom. The van der Waals surface area contributed by atoms with Gasteiger partial charge in [0, 0.05) is 5.56 Å². The molecule has 0 fully saturated rings. The van der Waals surface area contributed by atoms with Crippen LogP contribution in [0.1, 0.15) is 42.2 Å². The molecule has 0 aliphatic heterocycles. The maximum Gasteiger partial charge on any atom is 0.343 e. The summed E-state index contributed by atoms with van der Waals surface area (Å²) in [4.78, 5) is 59.8. The maximum atomic E-state index is 12.7. The number of aliphatic carboxylic acids is 2. The Hall–Kier alpha value is -5.87. The Morgan fingerprint density at radius 3 is 1.19 bits per heavy atom. The van der Waals surface area contributed by atoms with Crippen LogP contribution in [0.2, 0.25) is 0 Å². The van der Waals surface area contributed by atoms with Crippen molar-refractivity contribution in [3.8, 4) is 33.8 Å². The standard InChI is InChI=1S/C38H27BrO9/c39-22-34(40)31-20-29(25-9-13-32(14-10-25)47-37(45)27-5-1-23(2-6-27)17-35(41)42)19-30(21-31)26-11-15-33(16-12-26)48-38(46)28-7-3-24(4-8-28)18-36(43)44/h1-16,19-21H,17-18,22H2,(H,41,42)(H,43,44). The minimum absolute atomic E-state index is 0.113. The van der Waals surface area contributed by atoms with Crippen LogP contribution in [0.25, 0.3) is 22.3 Å². The van der Waals surface area contributed by atoms with Crippen LogP contribution in [0.15, 0.2) is 115 Å². The van der Waals surface area contributed by atoms with Crippen LogP contribution in [0.5, 0.6) is 11.5 Å². The molecule has 9 nitrogen and oxygen atoms in total. The van der Waals surface area contributed by atoms with Crippen molar-refractivity contribution < 1.29 is 43.7 Å². The number of alkyl halides is 1. The number of ketones is 1. The monoisotopic (exact) mass is 706 g/mol. The molecule has 0 radical (unpaired) electrons. The lowest BCUT2D eigenvalue weighted by atomic mass is 9.95. The number of rotatable bonds is 12. The van der Waals surface area contributed by atoms with Crippen LogP contribution in [0.3, 0.4) is 0 Å². The molecule has 48 heavy (non-hydrogen) atoms. The van der Waals surface area contributed by atoms with E-state index in [0.29, 0.717) is 28.2 Å². The van der Waals surface area contributed by atoms with Crippen molar-refractivity contribution in [3.63, 3.8) is 0 Å². The quantitative estimate of drug-likeness (QED) is 0.0591. The minimum atomic E-state index is -0.961. The van der Waals surface area contributed by atoms with Crippen LogP contribution in [-0.4, -0.2) is 45.2 Å². The predicted octanol–water partition coefficient (Wildman–Crippen LogP) is 7.29. The van der Waals surface area contributed by atoms with E-state index in [1.165, 1.54) is 24.3 Å². The van der Waals surface area contributed by atoms with Gasteiger partial charge in [-0.15, -0.1) is 0 Å². The molecule has 0 saturated carbocycles. The van der Waals surface area contributed by atoms with Gasteiger partial charge >= 0.3 is 23.9 Å². The van der Waals surface area contributed by atoms with E-state index >= 15 is 0 Å². The van der Waals surface area contributed by atoms with Crippen LogP contribution in [0.4, 0.5) is 0 Å². The molecular formula is C38H27BrO9. The molecular weight excluding hydrogens is 680 g/mol. The topological polar surface area (TPSA) is 144 Å². The van der Waals surface area contributed by atoms with Crippen molar-refractivity contribution >= 4 is 45.6 Å². The number of ether oxygens (including phenoxy) is 2. The summed E-state index contributed by atoms with van der Waals surface area (Å²) in [7, 11) is 0. The third kappa shape index (κ3) is 8.68. The molecule has 0 atom stereocenters. The van der Waals surface area contributed by atoms with Crippen LogP contribution in [0, 0.1) is 0 Å². The van der Waals surface area contributed by atoms with Crippen molar-refractivity contribution in [2.75, 3.05) is 5.33 Å². The number of esters is 2. The summed E-state index contributed by atoms with van der Waals surface area (Å²) in [6.45, 7) is 0. The van der Waals surface area contributed by atoms with Crippen molar-refractivity contribution in [2.24, 2.45) is 0 Å². The molecule has 2 N–H and O–H groups in total. The lowest BCUT2D eigenvalue weighted by Gasteiger charge is -2.11. The summed E-state index contributed by atoms with van der Waals surface area (Å²) in [5.74, 6) is -2.58. The Morgan fingerprint density at radius 1 is 0.479 bits per heavy atom. The minimum Gasteiger partial charge on any atom is -0.481 e. The molecule has 0 aliphatic rings. The van der Waals surface area contributed by atoms with Crippen molar-refractivity contribution in [1.82, 2.24) is 0 Å². The molecule has 0 heterocycles. The summed E-state index contributed by atoms with van der Waals surface area (Å²) in [5.41, 5.74) is 5.26. The summed E-state index contributed by atoms with van der Waals surface area (Å²) in [5, 5.41) is 18.0. The second kappa shape index (κ2) is 15.1. The first kappa shape index (κ1) is 33.5. The van der Waals surface area contributed by atoms with Crippen molar-refractivity contribution in [2.45, 2.75) is 12.8 Å². The van der Waals surface area contributed by atoms with Gasteiger partial charge in [-0.3, -0.25) is 14.4 Å². The zero-order valence-electron chi connectivity index (χ0n) is 25.2. The Bertz CT molecular complexity index is 1850. The highest BCUT2D eigenvalue weighted by Crippen LogP contribution is 2.31. The van der Waals surface area contributed by atoms with Gasteiger partial charge in [-0.1, -0.05) is 64.5 Å². The van der Waals surface area contributed by atoms with E-state index in [1.807, 2.05) is 6.07 Å². The van der Waals surface area contributed by atoms with E-state index < -0.39 is 23.9 Å². The van der Waals surface area contributed by atoms with Gasteiger partial charge in [-0.25, -0.2) is 9.59 Å². The fourth-order valence-corrected chi connectivity index (χ4v) is 5.15. The first-order valence-corrected chi connectivity index (χ1v) is 15.7. The molecule has 0 aromatic heterocycles. The average Bonchev–Trinajstić information content (AvgIpc) is 3.08. The summed E-state index contributed by atoms with van der Waals surface area (Å²) in [6, 6.07) is 31.5. The highest BCUT2D eigenvalue weighted by atomic mass is 79.9. The van der Waals surface area contributed by atoms with Gasteiger partial charge in [0.2, 0.25) is 0 Å². The summed E-state index contributed by atoms with van der Waals surface area (Å²) in [6.07, 6.45) is -0.284. The number of hydrogen-bond donors (Lipinski definition) is 2. The van der Waals surface area contributed by atoms with E-state index in [9.17, 15) is 24.0 Å². The molecule has 10 heteroatoms. The lowest BCUT2D eigenvalue weighted by molar-refractivity contribution is -0.137. The van der Waals surface area contributed by atoms with Gasteiger partial charge in [0.15, 0.2) is 5.78 Å². The van der Waals surface area contributed by atoms with Crippen LogP contribution in [-0.2, 0) is 22.4 Å². The largest absolute Gasteiger partial charge is 0.481 e. The van der Waals surface area contributed by atoms with E-state index in [2.05, 4.69) is 15.9 Å². The molecule has 0 aliphatic carbocycles. The number of carboxylic acid groups (broad SMARTS) is 2. The number of Topliss-reactive ketones (excluding diaryl/α,β-unsaturated/α-hetero) is 1. The van der Waals surface area contributed by atoms with Gasteiger partial charge in [0.05, 0.1) is 29.3 Å².